The van der Waals surface area contributed by atoms with Gasteiger partial charge in [-0.15, -0.1) is 0 Å². The predicted octanol–water partition coefficient (Wildman–Crippen LogP) is 20.2. The Bertz CT molecular complexity index is 2740. The molecular formula is C72H94AlN2O5+3. The van der Waals surface area contributed by atoms with Gasteiger partial charge in [-0.05, 0) is 150 Å². The monoisotopic (exact) mass is 1090 g/mol. The molecule has 0 aliphatic heterocycles. The van der Waals surface area contributed by atoms with Gasteiger partial charge in [-0.1, -0.05) is 217 Å². The van der Waals surface area contributed by atoms with E-state index in [1.54, 1.807) is 0 Å². The molecule has 0 amide bonds. The van der Waals surface area contributed by atoms with Crippen molar-refractivity contribution in [2.24, 2.45) is 0 Å². The van der Waals surface area contributed by atoms with E-state index >= 15 is 0 Å². The van der Waals surface area contributed by atoms with E-state index in [9.17, 15) is 14.7 Å². The molecule has 7 nitrogen and oxygen atoms in total. The van der Waals surface area contributed by atoms with Gasteiger partial charge >= 0.3 is 29.3 Å². The average Bonchev–Trinajstić information content (AvgIpc) is 3.48. The maximum atomic E-state index is 10.4. The van der Waals surface area contributed by atoms with Gasteiger partial charge in [0.15, 0.2) is 0 Å². The van der Waals surface area contributed by atoms with E-state index in [4.69, 9.17) is 20.2 Å². The third-order valence-corrected chi connectivity index (χ3v) is 14.9. The zero-order chi connectivity index (χ0) is 56.0. The summed E-state index contributed by atoms with van der Waals surface area (Å²) in [7, 11) is 0. The predicted molar refractivity (Wildman–Crippen MR) is 340 cm³/mol. The number of unbranched alkanes of at least 4 members (excludes halogenated alkanes) is 22. The summed E-state index contributed by atoms with van der Waals surface area (Å²) in [4.78, 5) is 30.6. The number of aryl methyl sites for hydroxylation is 4. The molecule has 7 aromatic rings. The zero-order valence-corrected chi connectivity index (χ0v) is 49.9. The first-order valence-electron chi connectivity index (χ1n) is 30.4. The van der Waals surface area contributed by atoms with E-state index < -0.39 is 11.9 Å². The van der Waals surface area contributed by atoms with E-state index in [0.29, 0.717) is 18.6 Å². The van der Waals surface area contributed by atoms with Gasteiger partial charge in [-0.25, -0.2) is 0 Å². The van der Waals surface area contributed by atoms with Crippen molar-refractivity contribution in [1.82, 2.24) is 9.97 Å². The molecule has 0 unspecified atom stereocenters. The third-order valence-electron chi connectivity index (χ3n) is 14.9. The van der Waals surface area contributed by atoms with Gasteiger partial charge in [-0.2, -0.15) is 0 Å². The summed E-state index contributed by atoms with van der Waals surface area (Å²) in [5.74, 6) is -0.984. The minimum atomic E-state index is -0.670. The van der Waals surface area contributed by atoms with E-state index in [1.165, 1.54) is 162 Å². The number of benzene rings is 5. The Labute approximate surface area is 491 Å². The van der Waals surface area contributed by atoms with Crippen LogP contribution in [0.2, 0.25) is 0 Å². The molecule has 3 N–H and O–H groups in total. The zero-order valence-electron chi connectivity index (χ0n) is 48.8. The van der Waals surface area contributed by atoms with Gasteiger partial charge in [0.2, 0.25) is 0 Å². The summed E-state index contributed by atoms with van der Waals surface area (Å²) >= 11 is 0. The summed E-state index contributed by atoms with van der Waals surface area (Å²) < 4.78 is 0. The second kappa shape index (κ2) is 41.0. The third kappa shape index (κ3) is 26.9. The van der Waals surface area contributed by atoms with E-state index in [1.807, 2.05) is 66.7 Å². The number of rotatable bonds is 35. The molecule has 0 radical (unpaired) electrons. The van der Waals surface area contributed by atoms with Crippen LogP contribution in [0.15, 0.2) is 152 Å². The Morgan fingerprint density at radius 3 is 1.18 bits per heavy atom. The molecular weight excluding hydrogens is 1000 g/mol. The van der Waals surface area contributed by atoms with Crippen molar-refractivity contribution < 1.29 is 24.9 Å². The number of fused-ring (bicyclic) bond motifs is 3. The Hall–Kier alpha value is -6.07. The number of carboxylic acids is 2. The van der Waals surface area contributed by atoms with Crippen molar-refractivity contribution >= 4 is 61.9 Å². The number of aromatic hydroxyl groups is 1. The smallest absolute Gasteiger partial charge is 0.507 e. The maximum absolute atomic E-state index is 10.4. The molecule has 0 atom stereocenters. The molecule has 0 saturated carbocycles. The van der Waals surface area contributed by atoms with Gasteiger partial charge in [0, 0.05) is 46.0 Å². The van der Waals surface area contributed by atoms with Crippen molar-refractivity contribution in [2.75, 3.05) is 0 Å². The molecule has 0 saturated heterocycles. The maximum Gasteiger partial charge on any atom is 3.00 e. The largest absolute Gasteiger partial charge is 3.00 e. The Morgan fingerprint density at radius 2 is 0.750 bits per heavy atom. The summed E-state index contributed by atoms with van der Waals surface area (Å²) in [5, 5.41) is 31.9. The average molecular weight is 1090 g/mol. The molecule has 422 valence electrons. The summed E-state index contributed by atoms with van der Waals surface area (Å²) in [6.07, 6.45) is 43.6. The number of phenolic OH excluding ortho intramolecular Hbond substituents is 1. The van der Waals surface area contributed by atoms with Gasteiger partial charge in [0.25, 0.3) is 0 Å². The van der Waals surface area contributed by atoms with Crippen molar-refractivity contribution in [2.45, 2.75) is 206 Å². The van der Waals surface area contributed by atoms with E-state index in [0.717, 1.165) is 84.3 Å². The first-order valence-corrected chi connectivity index (χ1v) is 30.4. The van der Waals surface area contributed by atoms with Crippen LogP contribution in [0.1, 0.15) is 202 Å². The minimum absolute atomic E-state index is 0. The van der Waals surface area contributed by atoms with Gasteiger partial charge in [0.1, 0.15) is 5.75 Å². The molecule has 0 aliphatic carbocycles. The van der Waals surface area contributed by atoms with Crippen LogP contribution in [0, 0.1) is 13.8 Å². The van der Waals surface area contributed by atoms with Gasteiger partial charge in [-0.3, -0.25) is 19.6 Å². The molecule has 5 aromatic carbocycles. The topological polar surface area (TPSA) is 121 Å². The van der Waals surface area contributed by atoms with Crippen LogP contribution in [0.5, 0.6) is 5.75 Å². The second-order valence-corrected chi connectivity index (χ2v) is 21.6. The summed E-state index contributed by atoms with van der Waals surface area (Å²) in [6, 6.07) is 43.1. The first kappa shape index (κ1) is 66.4. The fraction of sp³-hybridized carbons (Fsp3) is 0.444. The minimum Gasteiger partial charge on any atom is -0.507 e. The van der Waals surface area contributed by atoms with Crippen molar-refractivity contribution in [1.29, 1.82) is 0 Å². The quantitative estimate of drug-likeness (QED) is 0.0206. The molecule has 80 heavy (non-hydrogen) atoms. The van der Waals surface area contributed by atoms with Gasteiger partial charge < -0.3 is 15.3 Å². The summed E-state index contributed by atoms with van der Waals surface area (Å²) in [5.41, 5.74) is 9.33. The molecule has 0 bridgehead atoms. The normalized spacial score (nSPS) is 11.2. The number of carbonyl (C=O) groups is 2. The molecule has 0 fully saturated rings. The van der Waals surface area contributed by atoms with Crippen LogP contribution in [-0.4, -0.2) is 54.6 Å². The molecule has 2 heterocycles. The van der Waals surface area contributed by atoms with Crippen LogP contribution < -0.4 is 0 Å². The first-order chi connectivity index (χ1) is 38.7. The number of hydrogen-bond donors (Lipinski definition) is 3. The van der Waals surface area contributed by atoms with Crippen LogP contribution in [0.4, 0.5) is 0 Å². The standard InChI is InChI=1S/2C28H41NO2.C16H12O.Al/c2*1-24-23-25-19-17-18-21-27(25)29-26(24)20-15-13-11-9-7-5-3-2-4-6-8-10-12-14-16-22-28(30)31;17-16-14-9-5-4-8-13(14)10-11-15(16)12-6-2-1-3-7-12;/h2*2,4,17-19,21,23H,3,5-16,20,22H2,1H3,(H,30,31);1-11,17H;/q;;;+3/b2*4-2-;;. The molecule has 7 rings (SSSR count). The number of phenols is 1. The number of hydrogen-bond acceptors (Lipinski definition) is 5. The van der Waals surface area contributed by atoms with Crippen molar-refractivity contribution in [3.05, 3.63) is 174 Å². The van der Waals surface area contributed by atoms with E-state index in [-0.39, 0.29) is 17.4 Å². The number of allylic oxidation sites excluding steroid dienone is 4. The van der Waals surface area contributed by atoms with Crippen molar-refractivity contribution in [3.8, 4) is 16.9 Å². The number of carboxylic acid groups (broad SMARTS) is 2. The Balaban J connectivity index is 0.000000267. The van der Waals surface area contributed by atoms with Crippen LogP contribution >= 0.6 is 0 Å². The second-order valence-electron chi connectivity index (χ2n) is 21.6. The molecule has 0 aliphatic rings. The van der Waals surface area contributed by atoms with Gasteiger partial charge in [0.05, 0.1) is 11.0 Å². The number of aromatic nitrogens is 2. The van der Waals surface area contributed by atoms with Crippen LogP contribution in [0.3, 0.4) is 0 Å². The Kier molecular flexibility index (Phi) is 34.1. The van der Waals surface area contributed by atoms with Crippen LogP contribution in [-0.2, 0) is 22.4 Å². The number of pyridine rings is 2. The summed E-state index contributed by atoms with van der Waals surface area (Å²) in [6.45, 7) is 4.37. The SMILES string of the molecule is Cc1cc2ccccc2nc1CCCCCCCC/C=C\CCCCCCCC(=O)O.Cc1cc2ccccc2nc1CCCCCCCC/C=C\CCCCCCCC(=O)O.Oc1c(-c2ccccc2)ccc2ccccc12.[Al+3]. The molecule has 0 spiro atoms. The molecule has 2 aromatic heterocycles. The van der Waals surface area contributed by atoms with Crippen molar-refractivity contribution in [3.63, 3.8) is 0 Å². The fourth-order valence-electron chi connectivity index (χ4n) is 10.3. The number of aliphatic carboxylic acids is 2. The number of nitrogens with zero attached hydrogens (tertiary/aromatic N) is 2. The fourth-order valence-corrected chi connectivity index (χ4v) is 10.3. The Morgan fingerprint density at radius 1 is 0.400 bits per heavy atom. The number of para-hydroxylation sites is 2. The van der Waals surface area contributed by atoms with E-state index in [2.05, 4.69) is 98.8 Å². The van der Waals surface area contributed by atoms with Crippen LogP contribution in [0.25, 0.3) is 43.7 Å². The molecule has 8 heteroatoms.